The van der Waals surface area contributed by atoms with Crippen molar-refractivity contribution in [1.29, 1.82) is 0 Å². The van der Waals surface area contributed by atoms with Crippen molar-refractivity contribution in [2.24, 2.45) is 0 Å². The molecule has 1 aliphatic heterocycles. The van der Waals surface area contributed by atoms with Crippen LogP contribution in [0.25, 0.3) is 10.4 Å². The Morgan fingerprint density at radius 3 is 2.65 bits per heavy atom. The number of hydrogen-bond donors (Lipinski definition) is 1. The van der Waals surface area contributed by atoms with Gasteiger partial charge in [-0.25, -0.2) is 8.42 Å². The van der Waals surface area contributed by atoms with Gasteiger partial charge in [0.25, 0.3) is 0 Å². The molecule has 1 aliphatic rings. The lowest BCUT2D eigenvalue weighted by Crippen LogP contribution is -2.29. The molecule has 104 valence electrons. The molecule has 0 saturated carbocycles. The number of hydrogen-bond acceptors (Lipinski definition) is 4. The first-order chi connectivity index (χ1) is 9.62. The minimum Gasteiger partial charge on any atom is -0.305 e. The van der Waals surface area contributed by atoms with E-state index in [2.05, 4.69) is 29.6 Å². The number of nitrogens with one attached hydrogen (secondary N) is 1. The second-order valence-corrected chi connectivity index (χ2v) is 7.88. The van der Waals surface area contributed by atoms with E-state index in [0.717, 1.165) is 0 Å². The van der Waals surface area contributed by atoms with E-state index in [4.69, 9.17) is 0 Å². The van der Waals surface area contributed by atoms with E-state index in [1.165, 1.54) is 20.7 Å². The quantitative estimate of drug-likeness (QED) is 0.945. The summed E-state index contributed by atoms with van der Waals surface area (Å²) in [5.41, 5.74) is 1.21. The summed E-state index contributed by atoms with van der Waals surface area (Å²) in [5, 5.41) is 4.56. The predicted octanol–water partition coefficient (Wildman–Crippen LogP) is 2.82. The van der Waals surface area contributed by atoms with Crippen LogP contribution in [0.5, 0.6) is 0 Å². The fourth-order valence-electron chi connectivity index (χ4n) is 2.17. The van der Waals surface area contributed by atoms with Crippen molar-refractivity contribution >= 4 is 21.2 Å². The molecule has 1 atom stereocenters. The molecule has 0 fully saturated rings. The zero-order valence-corrected chi connectivity index (χ0v) is 12.5. The highest BCUT2D eigenvalue weighted by molar-refractivity contribution is 7.94. The Hall–Kier alpha value is -1.43. The Balaban J connectivity index is 1.63. The van der Waals surface area contributed by atoms with Crippen molar-refractivity contribution in [3.05, 3.63) is 58.8 Å². The third-order valence-electron chi connectivity index (χ3n) is 3.19. The first-order valence-electron chi connectivity index (χ1n) is 6.41. The lowest BCUT2D eigenvalue weighted by molar-refractivity contribution is 0.591. The highest BCUT2D eigenvalue weighted by Crippen LogP contribution is 2.27. The molecule has 0 aliphatic carbocycles. The SMILES string of the molecule is O=S1(=O)C=CC(NCc2ccc(-c3ccccc3)s2)C1. The molecular weight excluding hydrogens is 290 g/mol. The molecule has 1 aromatic heterocycles. The van der Waals surface area contributed by atoms with Gasteiger partial charge in [0.1, 0.15) is 0 Å². The molecule has 3 rings (SSSR count). The van der Waals surface area contributed by atoms with Gasteiger partial charge in [0.05, 0.1) is 5.75 Å². The Morgan fingerprint density at radius 2 is 1.95 bits per heavy atom. The van der Waals surface area contributed by atoms with Gasteiger partial charge in [0, 0.05) is 27.7 Å². The van der Waals surface area contributed by atoms with Crippen molar-refractivity contribution in [3.8, 4) is 10.4 Å². The predicted molar refractivity (Wildman–Crippen MR) is 83.3 cm³/mol. The van der Waals surface area contributed by atoms with E-state index in [9.17, 15) is 8.42 Å². The van der Waals surface area contributed by atoms with Crippen LogP contribution in [0.1, 0.15) is 4.88 Å². The summed E-state index contributed by atoms with van der Waals surface area (Å²) in [4.78, 5) is 2.44. The van der Waals surface area contributed by atoms with Crippen LogP contribution >= 0.6 is 11.3 Å². The van der Waals surface area contributed by atoms with Gasteiger partial charge < -0.3 is 5.32 Å². The summed E-state index contributed by atoms with van der Waals surface area (Å²) < 4.78 is 22.6. The highest BCUT2D eigenvalue weighted by Gasteiger charge is 2.20. The van der Waals surface area contributed by atoms with Gasteiger partial charge >= 0.3 is 0 Å². The zero-order chi connectivity index (χ0) is 14.0. The standard InChI is InChI=1S/C15H15NO2S2/c17-20(18)9-8-13(11-20)16-10-14-6-7-15(19-14)12-4-2-1-3-5-12/h1-9,13,16H,10-11H2. The Bertz CT molecular complexity index is 717. The molecule has 2 aromatic rings. The third-order valence-corrected chi connectivity index (χ3v) is 5.72. The van der Waals surface area contributed by atoms with Crippen molar-refractivity contribution < 1.29 is 8.42 Å². The van der Waals surface area contributed by atoms with E-state index in [0.29, 0.717) is 6.54 Å². The largest absolute Gasteiger partial charge is 0.305 e. The molecule has 1 N–H and O–H groups in total. The van der Waals surface area contributed by atoms with Crippen LogP contribution in [-0.2, 0) is 16.4 Å². The fraction of sp³-hybridized carbons (Fsp3) is 0.200. The van der Waals surface area contributed by atoms with Gasteiger partial charge in [-0.1, -0.05) is 36.4 Å². The third kappa shape index (κ3) is 3.17. The molecular formula is C15H15NO2S2. The molecule has 0 spiro atoms. The number of sulfone groups is 1. The molecule has 20 heavy (non-hydrogen) atoms. The first kappa shape index (κ1) is 13.5. The van der Waals surface area contributed by atoms with Crippen molar-refractivity contribution in [1.82, 2.24) is 5.32 Å². The second-order valence-electron chi connectivity index (χ2n) is 4.78. The molecule has 3 nitrogen and oxygen atoms in total. The van der Waals surface area contributed by atoms with Crippen molar-refractivity contribution in [2.75, 3.05) is 5.75 Å². The number of benzene rings is 1. The summed E-state index contributed by atoms with van der Waals surface area (Å²) in [6, 6.07) is 14.4. The van der Waals surface area contributed by atoms with Crippen LogP contribution in [0.15, 0.2) is 53.9 Å². The van der Waals surface area contributed by atoms with E-state index < -0.39 is 9.84 Å². The Labute approximate surface area is 122 Å². The van der Waals surface area contributed by atoms with Gasteiger partial charge in [-0.15, -0.1) is 11.3 Å². The molecule has 1 unspecified atom stereocenters. The Kier molecular flexibility index (Phi) is 3.74. The van der Waals surface area contributed by atoms with Gasteiger partial charge in [-0.3, -0.25) is 0 Å². The van der Waals surface area contributed by atoms with Gasteiger partial charge in [-0.2, -0.15) is 0 Å². The fourth-order valence-corrected chi connectivity index (χ4v) is 4.40. The maximum Gasteiger partial charge on any atom is 0.173 e. The van der Waals surface area contributed by atoms with Gasteiger partial charge in [-0.05, 0) is 17.7 Å². The monoisotopic (exact) mass is 305 g/mol. The number of thiophene rings is 1. The smallest absolute Gasteiger partial charge is 0.173 e. The molecule has 2 heterocycles. The number of rotatable bonds is 4. The van der Waals surface area contributed by atoms with E-state index >= 15 is 0 Å². The highest BCUT2D eigenvalue weighted by atomic mass is 32.2. The minimum absolute atomic E-state index is 0.0673. The molecule has 1 aromatic carbocycles. The van der Waals surface area contributed by atoms with E-state index in [1.54, 1.807) is 17.4 Å². The van der Waals surface area contributed by atoms with Crippen molar-refractivity contribution in [3.63, 3.8) is 0 Å². The zero-order valence-electron chi connectivity index (χ0n) is 10.8. The van der Waals surface area contributed by atoms with Crippen LogP contribution in [0, 0.1) is 0 Å². The average Bonchev–Trinajstić information content (AvgIpc) is 3.04. The maximum absolute atomic E-state index is 11.3. The maximum atomic E-state index is 11.3. The molecule has 0 amide bonds. The average molecular weight is 305 g/mol. The van der Waals surface area contributed by atoms with Crippen LogP contribution in [-0.4, -0.2) is 20.2 Å². The summed E-state index contributed by atoms with van der Waals surface area (Å²) >= 11 is 1.73. The minimum atomic E-state index is -2.98. The summed E-state index contributed by atoms with van der Waals surface area (Å²) in [6.45, 7) is 0.696. The van der Waals surface area contributed by atoms with E-state index in [1.807, 2.05) is 18.2 Å². The van der Waals surface area contributed by atoms with E-state index in [-0.39, 0.29) is 11.8 Å². The Morgan fingerprint density at radius 1 is 1.15 bits per heavy atom. The van der Waals surface area contributed by atoms with Crippen molar-refractivity contribution in [2.45, 2.75) is 12.6 Å². The first-order valence-corrected chi connectivity index (χ1v) is 8.94. The lowest BCUT2D eigenvalue weighted by atomic mass is 10.2. The molecule has 0 radical (unpaired) electrons. The normalized spacial score (nSPS) is 20.3. The van der Waals surface area contributed by atoms with Gasteiger partial charge in [0.15, 0.2) is 9.84 Å². The summed E-state index contributed by atoms with van der Waals surface area (Å²) in [6.07, 6.45) is 1.72. The second kappa shape index (κ2) is 5.52. The van der Waals surface area contributed by atoms with Crippen LogP contribution in [0.4, 0.5) is 0 Å². The van der Waals surface area contributed by atoms with Crippen LogP contribution in [0.2, 0.25) is 0 Å². The molecule has 5 heteroatoms. The van der Waals surface area contributed by atoms with Crippen LogP contribution in [0.3, 0.4) is 0 Å². The summed E-state index contributed by atoms with van der Waals surface area (Å²) in [7, 11) is -2.98. The molecule has 0 bridgehead atoms. The topological polar surface area (TPSA) is 46.2 Å². The van der Waals surface area contributed by atoms with Gasteiger partial charge in [0.2, 0.25) is 0 Å². The lowest BCUT2D eigenvalue weighted by Gasteiger charge is -2.07. The van der Waals surface area contributed by atoms with Crippen LogP contribution < -0.4 is 5.32 Å². The summed E-state index contributed by atoms with van der Waals surface area (Å²) in [5.74, 6) is 0.171. The molecule has 0 saturated heterocycles.